The molecule has 2 aromatic carbocycles. The number of aliphatic hydroxyl groups excluding tert-OH is 1. The fourth-order valence-corrected chi connectivity index (χ4v) is 2.97. The van der Waals surface area contributed by atoms with E-state index >= 15 is 0 Å². The Balaban J connectivity index is 1.67. The van der Waals surface area contributed by atoms with E-state index in [0.29, 0.717) is 25.4 Å². The largest absolute Gasteiger partial charge is 0.491 e. The number of nitrogens with one attached hydrogen (secondary N) is 2. The molecule has 1 amide bonds. The molecule has 0 spiro atoms. The van der Waals surface area contributed by atoms with Crippen molar-refractivity contribution >= 4 is 11.5 Å². The molecule has 0 aliphatic carbocycles. The molecule has 0 aliphatic rings. The smallest absolute Gasteiger partial charge is 0.258 e. The van der Waals surface area contributed by atoms with E-state index < -0.39 is 6.10 Å². The maximum atomic E-state index is 11.7. The van der Waals surface area contributed by atoms with Gasteiger partial charge in [0, 0.05) is 20.2 Å². The first-order valence-corrected chi connectivity index (χ1v) is 10.8. The summed E-state index contributed by atoms with van der Waals surface area (Å²) in [5.41, 5.74) is 2.29. The summed E-state index contributed by atoms with van der Waals surface area (Å²) in [4.78, 5) is 11.7. The van der Waals surface area contributed by atoms with Gasteiger partial charge in [0.1, 0.15) is 24.2 Å². The Hall–Kier alpha value is -2.87. The minimum Gasteiger partial charge on any atom is -0.491 e. The number of carbonyl (C=O) groups is 1. The van der Waals surface area contributed by atoms with Crippen molar-refractivity contribution in [2.75, 3.05) is 46.6 Å². The molecule has 7 nitrogen and oxygen atoms in total. The molecule has 0 radical (unpaired) electrons. The monoisotopic (exact) mass is 442 g/mol. The third-order valence-corrected chi connectivity index (χ3v) is 4.71. The summed E-state index contributed by atoms with van der Waals surface area (Å²) < 4.78 is 16.0. The van der Waals surface area contributed by atoms with Crippen molar-refractivity contribution in [1.29, 1.82) is 0 Å². The van der Waals surface area contributed by atoms with E-state index in [1.54, 1.807) is 7.11 Å². The Labute approximate surface area is 190 Å². The molecule has 0 aromatic heterocycles. The zero-order valence-corrected chi connectivity index (χ0v) is 18.9. The highest BCUT2D eigenvalue weighted by atomic mass is 16.5. The molecule has 1 unspecified atom stereocenters. The highest BCUT2D eigenvalue weighted by molar-refractivity contribution is 5.77. The van der Waals surface area contributed by atoms with Crippen molar-refractivity contribution in [2.45, 2.75) is 19.4 Å². The number of amides is 1. The fraction of sp³-hybridized carbons (Fsp3) is 0.400. The van der Waals surface area contributed by atoms with Crippen LogP contribution in [0.4, 0.5) is 0 Å². The van der Waals surface area contributed by atoms with Crippen LogP contribution in [0.25, 0.3) is 5.57 Å². The first-order valence-electron chi connectivity index (χ1n) is 10.8. The second-order valence-corrected chi connectivity index (χ2v) is 7.20. The van der Waals surface area contributed by atoms with Gasteiger partial charge in [-0.2, -0.15) is 0 Å². The van der Waals surface area contributed by atoms with Gasteiger partial charge in [-0.15, -0.1) is 0 Å². The Morgan fingerprint density at radius 1 is 1.03 bits per heavy atom. The second kappa shape index (κ2) is 15.0. The van der Waals surface area contributed by atoms with Crippen molar-refractivity contribution < 1.29 is 24.1 Å². The quantitative estimate of drug-likeness (QED) is 0.368. The van der Waals surface area contributed by atoms with E-state index in [-0.39, 0.29) is 19.1 Å². The molecular formula is C25H34N2O5. The van der Waals surface area contributed by atoms with Crippen molar-refractivity contribution in [3.05, 3.63) is 66.2 Å². The van der Waals surface area contributed by atoms with Crippen LogP contribution in [-0.2, 0) is 9.53 Å². The van der Waals surface area contributed by atoms with Crippen LogP contribution in [0.5, 0.6) is 11.5 Å². The van der Waals surface area contributed by atoms with Crippen LogP contribution >= 0.6 is 0 Å². The topological polar surface area (TPSA) is 89.0 Å². The molecule has 1 atom stereocenters. The van der Waals surface area contributed by atoms with Crippen molar-refractivity contribution in [3.8, 4) is 11.5 Å². The zero-order chi connectivity index (χ0) is 23.0. The molecule has 0 bridgehead atoms. The first kappa shape index (κ1) is 25.4. The summed E-state index contributed by atoms with van der Waals surface area (Å²) in [5.74, 6) is 1.22. The summed E-state index contributed by atoms with van der Waals surface area (Å²) in [5, 5.41) is 16.1. The highest BCUT2D eigenvalue weighted by Gasteiger charge is 2.07. The van der Waals surface area contributed by atoms with Crippen LogP contribution in [-0.4, -0.2) is 63.7 Å². The number of aliphatic hydroxyl groups is 1. The van der Waals surface area contributed by atoms with Crippen molar-refractivity contribution in [3.63, 3.8) is 0 Å². The number of benzene rings is 2. The van der Waals surface area contributed by atoms with Crippen LogP contribution in [0.15, 0.2) is 60.7 Å². The molecule has 0 saturated carbocycles. The number of ether oxygens (including phenoxy) is 3. The molecule has 0 saturated heterocycles. The maximum Gasteiger partial charge on any atom is 0.258 e. The van der Waals surface area contributed by atoms with Crippen LogP contribution < -0.4 is 20.1 Å². The van der Waals surface area contributed by atoms with Gasteiger partial charge >= 0.3 is 0 Å². The molecule has 0 aliphatic heterocycles. The standard InChI is InChI=1S/C25H34N2O5/c1-3-20(13-14-26-17-22(28)18-31-23-7-5-4-6-8-23)21-9-11-24(12-10-21)32-19-25(29)27-15-16-30-2/h3-12,22,26,28H,13-19H2,1-2H3,(H,27,29)/b20-3+. The molecule has 32 heavy (non-hydrogen) atoms. The van der Waals surface area contributed by atoms with Gasteiger partial charge in [-0.1, -0.05) is 36.4 Å². The lowest BCUT2D eigenvalue weighted by Gasteiger charge is -2.14. The molecule has 0 fully saturated rings. The van der Waals surface area contributed by atoms with Gasteiger partial charge in [0.15, 0.2) is 6.61 Å². The van der Waals surface area contributed by atoms with Crippen LogP contribution in [0.2, 0.25) is 0 Å². The molecule has 0 heterocycles. The van der Waals surface area contributed by atoms with E-state index in [2.05, 4.69) is 16.7 Å². The predicted molar refractivity (Wildman–Crippen MR) is 126 cm³/mol. The van der Waals surface area contributed by atoms with E-state index in [9.17, 15) is 9.90 Å². The maximum absolute atomic E-state index is 11.7. The average Bonchev–Trinajstić information content (AvgIpc) is 2.83. The van der Waals surface area contributed by atoms with Gasteiger partial charge in [-0.25, -0.2) is 0 Å². The molecule has 3 N–H and O–H groups in total. The third kappa shape index (κ3) is 9.96. The number of rotatable bonds is 15. The van der Waals surface area contributed by atoms with Crippen LogP contribution in [0, 0.1) is 0 Å². The lowest BCUT2D eigenvalue weighted by atomic mass is 10.0. The van der Waals surface area contributed by atoms with Gasteiger partial charge < -0.3 is 30.0 Å². The summed E-state index contributed by atoms with van der Waals surface area (Å²) in [6.45, 7) is 4.37. The summed E-state index contributed by atoms with van der Waals surface area (Å²) in [6.07, 6.45) is 2.33. The molecule has 174 valence electrons. The fourth-order valence-electron chi connectivity index (χ4n) is 2.97. The molecular weight excluding hydrogens is 408 g/mol. The molecule has 2 aromatic rings. The number of hydrogen-bond acceptors (Lipinski definition) is 6. The third-order valence-electron chi connectivity index (χ3n) is 4.71. The minimum atomic E-state index is -0.576. The van der Waals surface area contributed by atoms with Gasteiger partial charge in [0.05, 0.1) is 6.61 Å². The van der Waals surface area contributed by atoms with Gasteiger partial charge in [-0.3, -0.25) is 4.79 Å². The minimum absolute atomic E-state index is 0.0280. The normalized spacial score (nSPS) is 12.3. The van der Waals surface area contributed by atoms with Crippen LogP contribution in [0.1, 0.15) is 18.9 Å². The molecule has 7 heteroatoms. The number of para-hydroxylation sites is 1. The lowest BCUT2D eigenvalue weighted by Crippen LogP contribution is -2.32. The molecule has 2 rings (SSSR count). The Kier molecular flexibility index (Phi) is 11.9. The summed E-state index contributed by atoms with van der Waals surface area (Å²) >= 11 is 0. The highest BCUT2D eigenvalue weighted by Crippen LogP contribution is 2.21. The van der Waals surface area contributed by atoms with Gasteiger partial charge in [0.25, 0.3) is 5.91 Å². The Bertz CT molecular complexity index is 809. The summed E-state index contributed by atoms with van der Waals surface area (Å²) in [7, 11) is 1.59. The lowest BCUT2D eigenvalue weighted by molar-refractivity contribution is -0.123. The van der Waals surface area contributed by atoms with Gasteiger partial charge in [0.2, 0.25) is 0 Å². The first-order chi connectivity index (χ1) is 15.6. The van der Waals surface area contributed by atoms with Crippen molar-refractivity contribution in [2.24, 2.45) is 0 Å². The summed E-state index contributed by atoms with van der Waals surface area (Å²) in [6, 6.07) is 17.1. The Morgan fingerprint density at radius 2 is 1.75 bits per heavy atom. The SMILES string of the molecule is C/C=C(\CCNCC(O)COc1ccccc1)c1ccc(OCC(=O)NCCOC)cc1. The van der Waals surface area contributed by atoms with Crippen molar-refractivity contribution in [1.82, 2.24) is 10.6 Å². The average molecular weight is 443 g/mol. The van der Waals surface area contributed by atoms with Gasteiger partial charge in [-0.05, 0) is 55.3 Å². The van der Waals surface area contributed by atoms with E-state index in [4.69, 9.17) is 14.2 Å². The second-order valence-electron chi connectivity index (χ2n) is 7.20. The zero-order valence-electron chi connectivity index (χ0n) is 18.9. The van der Waals surface area contributed by atoms with E-state index in [0.717, 1.165) is 24.3 Å². The predicted octanol–water partition coefficient (Wildman–Crippen LogP) is 2.65. The number of hydrogen-bond donors (Lipinski definition) is 3. The Morgan fingerprint density at radius 3 is 2.44 bits per heavy atom. The number of carbonyl (C=O) groups excluding carboxylic acids is 1. The van der Waals surface area contributed by atoms with E-state index in [1.165, 1.54) is 5.57 Å². The van der Waals surface area contributed by atoms with Crippen LogP contribution in [0.3, 0.4) is 0 Å². The number of allylic oxidation sites excluding steroid dienone is 1. The van der Waals surface area contributed by atoms with E-state index in [1.807, 2.05) is 61.5 Å². The number of methoxy groups -OCH3 is 1.